The summed E-state index contributed by atoms with van der Waals surface area (Å²) in [6.07, 6.45) is 7.48. The number of rotatable bonds is 1. The predicted octanol–water partition coefficient (Wildman–Crippen LogP) is 1.77. The van der Waals surface area contributed by atoms with E-state index in [2.05, 4.69) is 0 Å². The van der Waals surface area contributed by atoms with E-state index in [1.54, 1.807) is 0 Å². The van der Waals surface area contributed by atoms with Crippen molar-refractivity contribution < 1.29 is 0 Å². The fraction of sp³-hybridized carbons (Fsp3) is 1.00. The van der Waals surface area contributed by atoms with E-state index < -0.39 is 0 Å². The molecule has 0 radical (unpaired) electrons. The molecule has 0 aromatic rings. The van der Waals surface area contributed by atoms with Crippen LogP contribution in [0, 0.1) is 29.6 Å². The van der Waals surface area contributed by atoms with Crippen molar-refractivity contribution in [2.45, 2.75) is 37.6 Å². The summed E-state index contributed by atoms with van der Waals surface area (Å²) in [4.78, 5) is 0. The smallest absolute Gasteiger partial charge is 0.0255 e. The van der Waals surface area contributed by atoms with Crippen LogP contribution in [0.1, 0.15) is 32.1 Å². The zero-order valence-corrected chi connectivity index (χ0v) is 7.50. The summed E-state index contributed by atoms with van der Waals surface area (Å²) in [5, 5.41) is 0. The second-order valence-electron chi connectivity index (χ2n) is 5.59. The van der Waals surface area contributed by atoms with Crippen molar-refractivity contribution in [2.24, 2.45) is 35.3 Å². The van der Waals surface area contributed by atoms with Gasteiger partial charge in [-0.15, -0.1) is 0 Å². The monoisotopic (exact) mass is 163 g/mol. The largest absolute Gasteiger partial charge is 0.324 e. The van der Waals surface area contributed by atoms with Crippen molar-refractivity contribution in [3.05, 3.63) is 0 Å². The molecule has 0 spiro atoms. The minimum Gasteiger partial charge on any atom is -0.324 e. The summed E-state index contributed by atoms with van der Waals surface area (Å²) < 4.78 is 0. The summed E-state index contributed by atoms with van der Waals surface area (Å²) in [7, 11) is 0. The first-order valence-electron chi connectivity index (χ1n) is 5.62. The first-order chi connectivity index (χ1) is 5.83. The lowest BCUT2D eigenvalue weighted by molar-refractivity contribution is 0.0121. The van der Waals surface area contributed by atoms with E-state index in [0.29, 0.717) is 5.54 Å². The Morgan fingerprint density at radius 2 is 1.83 bits per heavy atom. The van der Waals surface area contributed by atoms with Crippen LogP contribution in [-0.2, 0) is 0 Å². The van der Waals surface area contributed by atoms with Gasteiger partial charge in [0.1, 0.15) is 0 Å². The van der Waals surface area contributed by atoms with E-state index in [1.807, 2.05) is 0 Å². The van der Waals surface area contributed by atoms with Crippen molar-refractivity contribution in [2.75, 3.05) is 0 Å². The van der Waals surface area contributed by atoms with Gasteiger partial charge in [0.25, 0.3) is 0 Å². The quantitative estimate of drug-likeness (QED) is 0.626. The normalized spacial score (nSPS) is 66.8. The molecule has 4 aliphatic carbocycles. The van der Waals surface area contributed by atoms with E-state index in [9.17, 15) is 0 Å². The van der Waals surface area contributed by atoms with Crippen molar-refractivity contribution >= 4 is 0 Å². The fourth-order valence-electron chi connectivity index (χ4n) is 4.87. The van der Waals surface area contributed by atoms with Crippen LogP contribution < -0.4 is 5.73 Å². The summed E-state index contributed by atoms with van der Waals surface area (Å²) in [6.45, 7) is 0. The summed E-state index contributed by atoms with van der Waals surface area (Å²) in [5.74, 6) is 5.11. The SMILES string of the molecule is N[C@@]12C3[C@H]1CC[C@@H]3[C@H]2C1CCC1. The molecule has 4 saturated carbocycles. The second-order valence-corrected chi connectivity index (χ2v) is 5.59. The van der Waals surface area contributed by atoms with Crippen LogP contribution in [0.3, 0.4) is 0 Å². The van der Waals surface area contributed by atoms with Gasteiger partial charge in [-0.2, -0.15) is 0 Å². The summed E-state index contributed by atoms with van der Waals surface area (Å²) in [6, 6.07) is 0. The van der Waals surface area contributed by atoms with E-state index in [0.717, 1.165) is 29.6 Å². The molecule has 5 atom stereocenters. The summed E-state index contributed by atoms with van der Waals surface area (Å²) in [5.41, 5.74) is 6.83. The molecule has 0 amide bonds. The average molecular weight is 163 g/mol. The van der Waals surface area contributed by atoms with Crippen LogP contribution in [0.15, 0.2) is 0 Å². The molecule has 2 N–H and O–H groups in total. The van der Waals surface area contributed by atoms with Crippen LogP contribution in [0.5, 0.6) is 0 Å². The van der Waals surface area contributed by atoms with Crippen molar-refractivity contribution in [3.63, 3.8) is 0 Å². The number of fused-ring (bicyclic) bond motifs is 1. The van der Waals surface area contributed by atoms with Crippen LogP contribution in [-0.4, -0.2) is 5.54 Å². The molecule has 1 heteroatoms. The molecule has 66 valence electrons. The third-order valence-corrected chi connectivity index (χ3v) is 5.51. The molecule has 0 aliphatic heterocycles. The number of hydrogen-bond donors (Lipinski definition) is 1. The van der Waals surface area contributed by atoms with Crippen LogP contribution in [0.2, 0.25) is 0 Å². The molecular weight excluding hydrogens is 146 g/mol. The molecule has 12 heavy (non-hydrogen) atoms. The lowest BCUT2D eigenvalue weighted by Crippen LogP contribution is -2.56. The Kier molecular flexibility index (Phi) is 0.863. The second kappa shape index (κ2) is 1.61. The molecule has 1 nitrogen and oxygen atoms in total. The Morgan fingerprint density at radius 3 is 2.33 bits per heavy atom. The molecule has 0 heterocycles. The Hall–Kier alpha value is -0.0400. The highest BCUT2D eigenvalue weighted by Crippen LogP contribution is 2.79. The maximum atomic E-state index is 6.44. The van der Waals surface area contributed by atoms with E-state index in [1.165, 1.54) is 32.1 Å². The zero-order chi connectivity index (χ0) is 7.92. The molecule has 0 aromatic carbocycles. The third-order valence-electron chi connectivity index (χ3n) is 5.51. The van der Waals surface area contributed by atoms with Gasteiger partial charge in [0.2, 0.25) is 0 Å². The van der Waals surface area contributed by atoms with Gasteiger partial charge in [-0.25, -0.2) is 0 Å². The Bertz CT molecular complexity index is 239. The van der Waals surface area contributed by atoms with E-state index in [4.69, 9.17) is 5.73 Å². The lowest BCUT2D eigenvalue weighted by Gasteiger charge is -2.51. The van der Waals surface area contributed by atoms with Crippen molar-refractivity contribution in [1.29, 1.82) is 0 Å². The number of hydrogen-bond acceptors (Lipinski definition) is 1. The van der Waals surface area contributed by atoms with Gasteiger partial charge in [0.05, 0.1) is 0 Å². The van der Waals surface area contributed by atoms with Gasteiger partial charge < -0.3 is 5.73 Å². The van der Waals surface area contributed by atoms with Gasteiger partial charge in [-0.1, -0.05) is 19.3 Å². The fourth-order valence-corrected chi connectivity index (χ4v) is 4.87. The average Bonchev–Trinajstić information content (AvgIpc) is 2.39. The van der Waals surface area contributed by atoms with E-state index in [-0.39, 0.29) is 0 Å². The van der Waals surface area contributed by atoms with Gasteiger partial charge in [0.15, 0.2) is 0 Å². The Balaban J connectivity index is 1.65. The van der Waals surface area contributed by atoms with Gasteiger partial charge in [-0.3, -0.25) is 0 Å². The highest BCUT2D eigenvalue weighted by Gasteiger charge is 2.82. The minimum absolute atomic E-state index is 0.397. The molecule has 4 rings (SSSR count). The molecule has 1 unspecified atom stereocenters. The van der Waals surface area contributed by atoms with Gasteiger partial charge in [0, 0.05) is 5.54 Å². The minimum atomic E-state index is 0.397. The van der Waals surface area contributed by atoms with Crippen molar-refractivity contribution in [3.8, 4) is 0 Å². The zero-order valence-electron chi connectivity index (χ0n) is 7.50. The van der Waals surface area contributed by atoms with Crippen LogP contribution in [0.4, 0.5) is 0 Å². The van der Waals surface area contributed by atoms with E-state index >= 15 is 0 Å². The first kappa shape index (κ1) is 6.42. The molecule has 4 aliphatic rings. The first-order valence-corrected chi connectivity index (χ1v) is 5.62. The third kappa shape index (κ3) is 0.433. The Labute approximate surface area is 73.7 Å². The van der Waals surface area contributed by atoms with Crippen LogP contribution in [0.25, 0.3) is 0 Å². The lowest BCUT2D eigenvalue weighted by atomic mass is 9.56. The highest BCUT2D eigenvalue weighted by molar-refractivity contribution is 5.35. The topological polar surface area (TPSA) is 26.0 Å². The molecule has 0 saturated heterocycles. The maximum Gasteiger partial charge on any atom is 0.0255 e. The predicted molar refractivity (Wildman–Crippen MR) is 47.5 cm³/mol. The van der Waals surface area contributed by atoms with Gasteiger partial charge >= 0.3 is 0 Å². The maximum absolute atomic E-state index is 6.44. The molecule has 0 aromatic heterocycles. The Morgan fingerprint density at radius 1 is 1.00 bits per heavy atom. The highest BCUT2D eigenvalue weighted by atomic mass is 15.0. The molecule has 4 fully saturated rings. The standard InChI is InChI=1S/C11H17N/c12-11-8-5-4-7(10(8)11)9(11)6-2-1-3-6/h6-10H,1-5,12H2/t7-,8-,9-,10?,11+/m1/s1. The molecular formula is C11H17N. The summed E-state index contributed by atoms with van der Waals surface area (Å²) >= 11 is 0. The number of nitrogens with two attached hydrogens (primary N) is 1. The molecule has 0 bridgehead atoms. The van der Waals surface area contributed by atoms with Gasteiger partial charge in [-0.05, 0) is 42.4 Å². The van der Waals surface area contributed by atoms with Crippen LogP contribution >= 0.6 is 0 Å². The van der Waals surface area contributed by atoms with Crippen molar-refractivity contribution in [1.82, 2.24) is 0 Å².